The average molecular weight is 595 g/mol. The number of piperidine rings is 1. The second-order valence-corrected chi connectivity index (χ2v) is 13.0. The molecule has 210 valence electrons. The molecular formula is C27H33Cl2N5O4S. The quantitative estimate of drug-likeness (QED) is 0.398. The minimum atomic E-state index is -3.96. The fraction of sp³-hybridized carbons (Fsp3) is 0.481. The molecule has 9 nitrogen and oxygen atoms in total. The molecule has 0 aliphatic carbocycles. The molecule has 2 saturated heterocycles. The lowest BCUT2D eigenvalue weighted by Gasteiger charge is -2.35. The number of carbonyl (C=O) groups is 1. The van der Waals surface area contributed by atoms with Crippen LogP contribution < -0.4 is 5.73 Å². The van der Waals surface area contributed by atoms with Gasteiger partial charge in [0.1, 0.15) is 10.7 Å². The van der Waals surface area contributed by atoms with Crippen molar-refractivity contribution in [1.82, 2.24) is 18.8 Å². The number of amides is 1. The Bertz CT molecular complexity index is 1460. The summed E-state index contributed by atoms with van der Waals surface area (Å²) >= 11 is 12.2. The highest BCUT2D eigenvalue weighted by Crippen LogP contribution is 2.34. The van der Waals surface area contributed by atoms with Crippen LogP contribution in [-0.4, -0.2) is 79.0 Å². The van der Waals surface area contributed by atoms with Gasteiger partial charge in [0, 0.05) is 63.4 Å². The van der Waals surface area contributed by atoms with E-state index in [1.54, 1.807) is 7.11 Å². The van der Waals surface area contributed by atoms with E-state index < -0.39 is 22.0 Å². The second kappa shape index (κ2) is 11.7. The van der Waals surface area contributed by atoms with Gasteiger partial charge in [0.2, 0.25) is 15.9 Å². The third-order valence-electron chi connectivity index (χ3n) is 7.67. The summed E-state index contributed by atoms with van der Waals surface area (Å²) in [4.78, 5) is 20.4. The van der Waals surface area contributed by atoms with Gasteiger partial charge in [0.15, 0.2) is 0 Å². The fourth-order valence-corrected chi connectivity index (χ4v) is 7.93. The predicted molar refractivity (Wildman–Crippen MR) is 151 cm³/mol. The number of carbonyl (C=O) groups excluding carboxylic acids is 1. The molecule has 5 rings (SSSR count). The van der Waals surface area contributed by atoms with Crippen LogP contribution in [0.2, 0.25) is 10.0 Å². The van der Waals surface area contributed by atoms with Gasteiger partial charge in [-0.05, 0) is 49.6 Å². The first-order chi connectivity index (χ1) is 18.7. The Hall–Kier alpha value is -2.21. The Kier molecular flexibility index (Phi) is 8.51. The average Bonchev–Trinajstić information content (AvgIpc) is 3.51. The molecule has 1 amide bonds. The maximum absolute atomic E-state index is 13.7. The fourth-order valence-electron chi connectivity index (χ4n) is 5.69. The monoisotopic (exact) mass is 593 g/mol. The molecule has 0 bridgehead atoms. The van der Waals surface area contributed by atoms with E-state index in [0.717, 1.165) is 42.7 Å². The first-order valence-corrected chi connectivity index (χ1v) is 15.3. The van der Waals surface area contributed by atoms with Gasteiger partial charge in [0.05, 0.1) is 22.0 Å². The zero-order valence-corrected chi connectivity index (χ0v) is 24.1. The molecule has 1 aromatic heterocycles. The highest BCUT2D eigenvalue weighted by atomic mass is 35.5. The van der Waals surface area contributed by atoms with Crippen LogP contribution in [0, 0.1) is 5.92 Å². The second-order valence-electron chi connectivity index (χ2n) is 10.2. The number of halogens is 2. The van der Waals surface area contributed by atoms with Crippen LogP contribution >= 0.6 is 23.2 Å². The number of aryl methyl sites for hydroxylation is 1. The van der Waals surface area contributed by atoms with Crippen LogP contribution in [0.15, 0.2) is 47.4 Å². The molecule has 2 N–H and O–H groups in total. The van der Waals surface area contributed by atoms with E-state index in [4.69, 9.17) is 38.7 Å². The van der Waals surface area contributed by atoms with Gasteiger partial charge in [-0.3, -0.25) is 4.79 Å². The number of methoxy groups -OCH3 is 1. The number of para-hydroxylation sites is 2. The van der Waals surface area contributed by atoms with E-state index in [2.05, 4.69) is 10.6 Å². The topological polar surface area (TPSA) is 111 Å². The van der Waals surface area contributed by atoms with Crippen LogP contribution in [0.25, 0.3) is 11.0 Å². The molecule has 3 heterocycles. The zero-order chi connectivity index (χ0) is 27.7. The molecular weight excluding hydrogens is 561 g/mol. The number of rotatable bonds is 8. The number of sulfonamides is 1. The van der Waals surface area contributed by atoms with Crippen LogP contribution in [0.5, 0.6) is 0 Å². The maximum atomic E-state index is 13.7. The first kappa shape index (κ1) is 28.3. The van der Waals surface area contributed by atoms with Crippen molar-refractivity contribution in [2.75, 3.05) is 39.9 Å². The number of hydrogen-bond donors (Lipinski definition) is 1. The van der Waals surface area contributed by atoms with Gasteiger partial charge in [-0.15, -0.1) is 0 Å². The minimum absolute atomic E-state index is 0.00186. The summed E-state index contributed by atoms with van der Waals surface area (Å²) in [6.45, 7) is 2.59. The lowest BCUT2D eigenvalue weighted by molar-refractivity contribution is -0.136. The van der Waals surface area contributed by atoms with Gasteiger partial charge in [-0.1, -0.05) is 35.3 Å². The molecule has 2 unspecified atom stereocenters. The van der Waals surface area contributed by atoms with Crippen LogP contribution in [0.4, 0.5) is 0 Å². The summed E-state index contributed by atoms with van der Waals surface area (Å²) in [7, 11) is -2.27. The Labute approximate surface area is 238 Å². The molecule has 2 aliphatic rings. The number of imidazole rings is 1. The molecule has 3 aromatic rings. The van der Waals surface area contributed by atoms with Gasteiger partial charge in [-0.2, -0.15) is 4.31 Å². The summed E-state index contributed by atoms with van der Waals surface area (Å²) in [6.07, 6.45) is 2.61. The zero-order valence-electron chi connectivity index (χ0n) is 21.8. The highest BCUT2D eigenvalue weighted by molar-refractivity contribution is 7.89. The van der Waals surface area contributed by atoms with Crippen LogP contribution in [-0.2, 0) is 26.1 Å². The van der Waals surface area contributed by atoms with Crippen molar-refractivity contribution in [3.05, 3.63) is 58.3 Å². The molecule has 0 saturated carbocycles. The van der Waals surface area contributed by atoms with E-state index in [1.165, 1.54) is 22.5 Å². The van der Waals surface area contributed by atoms with Crippen molar-refractivity contribution in [3.63, 3.8) is 0 Å². The molecule has 3 atom stereocenters. The van der Waals surface area contributed by atoms with Crippen molar-refractivity contribution in [2.24, 2.45) is 11.7 Å². The smallest absolute Gasteiger partial charge is 0.244 e. The van der Waals surface area contributed by atoms with Crippen LogP contribution in [0.1, 0.15) is 31.0 Å². The molecule has 2 aromatic carbocycles. The summed E-state index contributed by atoms with van der Waals surface area (Å²) < 4.78 is 35.5. The molecule has 2 fully saturated rings. The summed E-state index contributed by atoms with van der Waals surface area (Å²) in [5.74, 6) is 0.279. The maximum Gasteiger partial charge on any atom is 0.244 e. The summed E-state index contributed by atoms with van der Waals surface area (Å²) in [6, 6.07) is 11.8. The van der Waals surface area contributed by atoms with Crippen molar-refractivity contribution in [3.8, 4) is 0 Å². The van der Waals surface area contributed by atoms with Crippen LogP contribution in [0.3, 0.4) is 0 Å². The van der Waals surface area contributed by atoms with E-state index in [1.807, 2.05) is 23.1 Å². The number of nitrogens with two attached hydrogens (primary N) is 1. The Morgan fingerprint density at radius 1 is 1.15 bits per heavy atom. The molecule has 2 aliphatic heterocycles. The van der Waals surface area contributed by atoms with E-state index >= 15 is 0 Å². The Balaban J connectivity index is 1.34. The van der Waals surface area contributed by atoms with Gasteiger partial charge in [-0.25, -0.2) is 13.4 Å². The summed E-state index contributed by atoms with van der Waals surface area (Å²) in [5, 5.41) is 0.344. The number of benzene rings is 2. The minimum Gasteiger partial charge on any atom is -0.385 e. The largest absolute Gasteiger partial charge is 0.385 e. The van der Waals surface area contributed by atoms with E-state index in [-0.39, 0.29) is 39.9 Å². The highest BCUT2D eigenvalue weighted by Gasteiger charge is 2.44. The Morgan fingerprint density at radius 2 is 1.95 bits per heavy atom. The predicted octanol–water partition coefficient (Wildman–Crippen LogP) is 3.73. The van der Waals surface area contributed by atoms with E-state index in [9.17, 15) is 13.2 Å². The number of aromatic nitrogens is 2. The number of hydrogen-bond acceptors (Lipinski definition) is 6. The lowest BCUT2D eigenvalue weighted by Crippen LogP contribution is -2.47. The van der Waals surface area contributed by atoms with E-state index in [0.29, 0.717) is 19.7 Å². The van der Waals surface area contributed by atoms with Gasteiger partial charge < -0.3 is 19.9 Å². The molecule has 39 heavy (non-hydrogen) atoms. The summed E-state index contributed by atoms with van der Waals surface area (Å²) in [5.41, 5.74) is 8.38. The third kappa shape index (κ3) is 5.68. The Morgan fingerprint density at radius 3 is 2.74 bits per heavy atom. The van der Waals surface area contributed by atoms with Gasteiger partial charge >= 0.3 is 0 Å². The molecule has 12 heteroatoms. The number of likely N-dealkylation sites (tertiary alicyclic amines) is 1. The first-order valence-electron chi connectivity index (χ1n) is 13.1. The van der Waals surface area contributed by atoms with Crippen molar-refractivity contribution < 1.29 is 17.9 Å². The lowest BCUT2D eigenvalue weighted by atomic mass is 9.94. The third-order valence-corrected chi connectivity index (χ3v) is 10.2. The number of ether oxygens (including phenoxy) is 1. The van der Waals surface area contributed by atoms with Gasteiger partial charge in [0.25, 0.3) is 0 Å². The SMILES string of the molecule is COCCCn1c(C2CCCN(C(=O)[C@H]3CN(S(=O)(=O)c4cc(Cl)ccc4Cl)CC3N)C2)nc2ccccc21. The molecule has 0 radical (unpaired) electrons. The number of nitrogens with zero attached hydrogens (tertiary/aromatic N) is 4. The molecule has 0 spiro atoms. The van der Waals surface area contributed by atoms with Crippen molar-refractivity contribution in [2.45, 2.75) is 42.7 Å². The number of fused-ring (bicyclic) bond motifs is 1. The normalized spacial score (nSPS) is 22.6. The standard InChI is InChI=1S/C27H33Cl2N5O4S/c1-38-13-5-12-34-24-8-3-2-7-23(24)31-26(34)18-6-4-11-32(15-18)27(35)20-16-33(17-22(20)30)39(36,37)25-14-19(28)9-10-21(25)29/h2-3,7-10,14,18,20,22H,4-6,11-13,15-17,30H2,1H3/t18?,20-,22?/m0/s1. The van der Waals surface area contributed by atoms with Crippen molar-refractivity contribution >= 4 is 50.2 Å². The van der Waals surface area contributed by atoms with Crippen molar-refractivity contribution in [1.29, 1.82) is 0 Å².